The lowest BCUT2D eigenvalue weighted by Gasteiger charge is -2.11. The largest absolute Gasteiger partial charge is 0.496 e. The Morgan fingerprint density at radius 3 is 2.52 bits per heavy atom. The number of halogens is 2. The molecule has 0 unspecified atom stereocenters. The van der Waals surface area contributed by atoms with E-state index in [0.717, 1.165) is 6.08 Å². The first-order valence-corrected chi connectivity index (χ1v) is 8.67. The molecule has 0 aliphatic carbocycles. The highest BCUT2D eigenvalue weighted by molar-refractivity contribution is 6.01. The number of methoxy groups -OCH3 is 1. The van der Waals surface area contributed by atoms with E-state index in [9.17, 15) is 18.4 Å². The summed E-state index contributed by atoms with van der Waals surface area (Å²) in [4.78, 5) is 24.1. The highest BCUT2D eigenvalue weighted by Crippen LogP contribution is 2.30. The van der Waals surface area contributed by atoms with Crippen molar-refractivity contribution in [2.75, 3.05) is 20.3 Å². The van der Waals surface area contributed by atoms with Crippen LogP contribution in [0.5, 0.6) is 17.2 Å². The molecule has 2 aromatic carbocycles. The van der Waals surface area contributed by atoms with Gasteiger partial charge >= 0.3 is 12.6 Å². The number of benzene rings is 2. The van der Waals surface area contributed by atoms with Gasteiger partial charge in [0, 0.05) is 6.08 Å². The van der Waals surface area contributed by atoms with Crippen molar-refractivity contribution in [3.8, 4) is 17.2 Å². The Balaban J connectivity index is 1.99. The molecule has 2 aromatic rings. The Morgan fingerprint density at radius 2 is 1.83 bits per heavy atom. The van der Waals surface area contributed by atoms with Crippen molar-refractivity contribution in [3.05, 3.63) is 59.7 Å². The maximum atomic E-state index is 12.4. The van der Waals surface area contributed by atoms with Gasteiger partial charge in [0.1, 0.15) is 5.75 Å². The summed E-state index contributed by atoms with van der Waals surface area (Å²) in [6.07, 6.45) is 2.53. The quantitative estimate of drug-likeness (QED) is 0.336. The molecule has 2 rings (SSSR count). The second-order valence-electron chi connectivity index (χ2n) is 5.58. The number of alkyl halides is 2. The lowest BCUT2D eigenvalue weighted by atomic mass is 10.1. The van der Waals surface area contributed by atoms with E-state index in [1.807, 2.05) is 0 Å². The summed E-state index contributed by atoms with van der Waals surface area (Å²) in [6.45, 7) is -1.48. The second-order valence-corrected chi connectivity index (χ2v) is 5.58. The molecule has 0 saturated carbocycles. The lowest BCUT2D eigenvalue weighted by Crippen LogP contribution is -2.13. The fourth-order valence-corrected chi connectivity index (χ4v) is 2.39. The average Bonchev–Trinajstić information content (AvgIpc) is 2.71. The van der Waals surface area contributed by atoms with Crippen molar-refractivity contribution in [2.45, 2.75) is 13.5 Å². The van der Waals surface area contributed by atoms with E-state index in [1.165, 1.54) is 31.4 Å². The van der Waals surface area contributed by atoms with Crippen molar-refractivity contribution in [1.82, 2.24) is 0 Å². The Kier molecular flexibility index (Phi) is 8.14. The predicted molar refractivity (Wildman–Crippen MR) is 102 cm³/mol. The first kappa shape index (κ1) is 21.9. The predicted octanol–water partition coefficient (Wildman–Crippen LogP) is 4.13. The van der Waals surface area contributed by atoms with Gasteiger partial charge in [0.2, 0.25) is 5.78 Å². The van der Waals surface area contributed by atoms with Gasteiger partial charge in [-0.25, -0.2) is 4.79 Å². The molecule has 0 heterocycles. The van der Waals surface area contributed by atoms with Crippen LogP contribution in [0.4, 0.5) is 8.78 Å². The summed E-state index contributed by atoms with van der Waals surface area (Å²) >= 11 is 0. The molecule has 0 atom stereocenters. The van der Waals surface area contributed by atoms with Gasteiger partial charge in [0.05, 0.1) is 19.3 Å². The van der Waals surface area contributed by atoms with Gasteiger partial charge in [-0.05, 0) is 42.8 Å². The van der Waals surface area contributed by atoms with Gasteiger partial charge in [-0.3, -0.25) is 4.79 Å². The van der Waals surface area contributed by atoms with E-state index in [1.54, 1.807) is 31.2 Å². The molecular weight excluding hydrogens is 386 g/mol. The Labute approximate surface area is 166 Å². The normalized spacial score (nSPS) is 10.8. The molecule has 154 valence electrons. The van der Waals surface area contributed by atoms with Gasteiger partial charge in [-0.2, -0.15) is 8.78 Å². The molecule has 0 aliphatic rings. The number of carbonyl (C=O) groups excluding carboxylic acids is 2. The molecule has 0 bridgehead atoms. The number of hydrogen-bond acceptors (Lipinski definition) is 6. The molecule has 8 heteroatoms. The van der Waals surface area contributed by atoms with Crippen LogP contribution in [0, 0.1) is 0 Å². The number of hydrogen-bond donors (Lipinski definition) is 0. The molecule has 29 heavy (non-hydrogen) atoms. The van der Waals surface area contributed by atoms with E-state index < -0.39 is 25.0 Å². The van der Waals surface area contributed by atoms with E-state index >= 15 is 0 Å². The highest BCUT2D eigenvalue weighted by Gasteiger charge is 2.14. The summed E-state index contributed by atoms with van der Waals surface area (Å²) in [6, 6.07) is 10.8. The zero-order valence-corrected chi connectivity index (χ0v) is 15.9. The number of ketones is 1. The molecule has 0 saturated heterocycles. The molecule has 0 aliphatic heterocycles. The molecule has 0 aromatic heterocycles. The second kappa shape index (κ2) is 10.8. The van der Waals surface area contributed by atoms with Crippen LogP contribution >= 0.6 is 0 Å². The van der Waals surface area contributed by atoms with Gasteiger partial charge in [-0.15, -0.1) is 0 Å². The summed E-state index contributed by atoms with van der Waals surface area (Å²) in [5.41, 5.74) is 0.811. The maximum Gasteiger partial charge on any atom is 0.387 e. The van der Waals surface area contributed by atoms with Crippen LogP contribution in [0.25, 0.3) is 6.08 Å². The Hall–Kier alpha value is -3.42. The van der Waals surface area contributed by atoms with Crippen LogP contribution in [0.2, 0.25) is 0 Å². The van der Waals surface area contributed by atoms with Crippen LogP contribution in [-0.4, -0.2) is 38.7 Å². The molecule has 0 amide bonds. The maximum absolute atomic E-state index is 12.4. The zero-order valence-electron chi connectivity index (χ0n) is 15.9. The number of carbonyl (C=O) groups is 2. The van der Waals surface area contributed by atoms with Crippen LogP contribution in [0.15, 0.2) is 48.5 Å². The minimum atomic E-state index is -2.98. The minimum Gasteiger partial charge on any atom is -0.496 e. The monoisotopic (exact) mass is 406 g/mol. The van der Waals surface area contributed by atoms with E-state index in [4.69, 9.17) is 14.2 Å². The third-order valence-electron chi connectivity index (χ3n) is 3.65. The molecule has 0 radical (unpaired) electrons. The smallest absolute Gasteiger partial charge is 0.387 e. The Morgan fingerprint density at radius 1 is 1.07 bits per heavy atom. The Bertz CT molecular complexity index is 879. The van der Waals surface area contributed by atoms with Gasteiger partial charge < -0.3 is 18.9 Å². The number of ether oxygens (including phenoxy) is 4. The zero-order chi connectivity index (χ0) is 21.2. The standard InChI is InChI=1S/C21H20F2O6/c1-3-27-19-12-14(8-10-18(19)29-21(22)23)9-11-20(25)28-13-16(24)15-6-4-5-7-17(15)26-2/h4-12,21H,3,13H2,1-2H3/b11-9+. The van der Waals surface area contributed by atoms with Crippen LogP contribution < -0.4 is 14.2 Å². The number of para-hydroxylation sites is 1. The number of Topliss-reactive ketones (excluding diaryl/α,β-unsaturated/α-hetero) is 1. The van der Waals surface area contributed by atoms with Crippen molar-refractivity contribution >= 4 is 17.8 Å². The number of esters is 1. The van der Waals surface area contributed by atoms with E-state index in [0.29, 0.717) is 16.9 Å². The lowest BCUT2D eigenvalue weighted by molar-refractivity contribution is -0.136. The van der Waals surface area contributed by atoms with Gasteiger partial charge in [0.15, 0.2) is 18.1 Å². The molecule has 0 N–H and O–H groups in total. The van der Waals surface area contributed by atoms with Gasteiger partial charge in [0.25, 0.3) is 0 Å². The van der Waals surface area contributed by atoms with Crippen molar-refractivity contribution < 1.29 is 37.3 Å². The summed E-state index contributed by atoms with van der Waals surface area (Å²) in [5.74, 6) is -0.743. The third-order valence-corrected chi connectivity index (χ3v) is 3.65. The molecule has 6 nitrogen and oxygen atoms in total. The van der Waals surface area contributed by atoms with E-state index in [2.05, 4.69) is 4.74 Å². The first-order chi connectivity index (χ1) is 13.9. The third kappa shape index (κ3) is 6.60. The van der Waals surface area contributed by atoms with E-state index in [-0.39, 0.29) is 18.1 Å². The molecular formula is C21H20F2O6. The molecule has 0 fully saturated rings. The minimum absolute atomic E-state index is 0.107. The number of rotatable bonds is 10. The summed E-state index contributed by atoms with van der Waals surface area (Å²) < 4.78 is 44.6. The van der Waals surface area contributed by atoms with Crippen molar-refractivity contribution in [1.29, 1.82) is 0 Å². The fraction of sp³-hybridized carbons (Fsp3) is 0.238. The molecule has 0 spiro atoms. The van der Waals surface area contributed by atoms with Crippen LogP contribution in [0.1, 0.15) is 22.8 Å². The summed E-state index contributed by atoms with van der Waals surface area (Å²) in [7, 11) is 1.44. The van der Waals surface area contributed by atoms with Gasteiger partial charge in [-0.1, -0.05) is 18.2 Å². The van der Waals surface area contributed by atoms with Crippen LogP contribution in [-0.2, 0) is 9.53 Å². The van der Waals surface area contributed by atoms with Crippen molar-refractivity contribution in [3.63, 3.8) is 0 Å². The average molecular weight is 406 g/mol. The first-order valence-electron chi connectivity index (χ1n) is 8.67. The van der Waals surface area contributed by atoms with Crippen LogP contribution in [0.3, 0.4) is 0 Å². The fourth-order valence-electron chi connectivity index (χ4n) is 2.39. The SMILES string of the molecule is CCOc1cc(/C=C/C(=O)OCC(=O)c2ccccc2OC)ccc1OC(F)F. The topological polar surface area (TPSA) is 71.1 Å². The summed E-state index contributed by atoms with van der Waals surface area (Å²) in [5, 5.41) is 0. The highest BCUT2D eigenvalue weighted by atomic mass is 19.3. The van der Waals surface area contributed by atoms with Crippen molar-refractivity contribution in [2.24, 2.45) is 0 Å².